The molecule has 0 aliphatic heterocycles. The fraction of sp³-hybridized carbons (Fsp3) is 0.308. The fourth-order valence-corrected chi connectivity index (χ4v) is 2.14. The van der Waals surface area contributed by atoms with Crippen molar-refractivity contribution in [3.8, 4) is 0 Å². The Morgan fingerprint density at radius 2 is 2.16 bits per heavy atom. The van der Waals surface area contributed by atoms with E-state index in [1.807, 2.05) is 13.1 Å². The molecule has 0 bridgehead atoms. The Hall–Kier alpha value is -1.79. The van der Waals surface area contributed by atoms with Crippen LogP contribution in [-0.4, -0.2) is 9.78 Å². The number of halogens is 2. The highest BCUT2D eigenvalue weighted by molar-refractivity contribution is 5.26. The molecule has 1 unspecified atom stereocenters. The lowest BCUT2D eigenvalue weighted by atomic mass is 9.99. The molecule has 2 rings (SSSR count). The molecule has 0 spiro atoms. The van der Waals surface area contributed by atoms with E-state index in [1.54, 1.807) is 11.7 Å². The zero-order chi connectivity index (χ0) is 14.0. The van der Waals surface area contributed by atoms with Gasteiger partial charge in [0.2, 0.25) is 0 Å². The molecule has 2 aromatic rings. The number of rotatable bonds is 4. The fourth-order valence-electron chi connectivity index (χ4n) is 2.14. The van der Waals surface area contributed by atoms with Crippen LogP contribution in [0, 0.1) is 18.6 Å². The van der Waals surface area contributed by atoms with Gasteiger partial charge in [-0.1, -0.05) is 0 Å². The Labute approximate surface area is 110 Å². The molecule has 0 saturated heterocycles. The molecule has 3 N–H and O–H groups in total. The van der Waals surface area contributed by atoms with Gasteiger partial charge in [-0.3, -0.25) is 16.0 Å². The second-order valence-corrected chi connectivity index (χ2v) is 4.50. The lowest BCUT2D eigenvalue weighted by Crippen LogP contribution is -2.30. The molecule has 0 saturated carbocycles. The Bertz CT molecular complexity index is 580. The Morgan fingerprint density at radius 3 is 2.74 bits per heavy atom. The van der Waals surface area contributed by atoms with Crippen LogP contribution in [0.1, 0.15) is 22.9 Å². The summed E-state index contributed by atoms with van der Waals surface area (Å²) in [5.74, 6) is 4.61. The number of hydrogen-bond acceptors (Lipinski definition) is 3. The monoisotopic (exact) mass is 266 g/mol. The van der Waals surface area contributed by atoms with E-state index in [0.29, 0.717) is 0 Å². The second kappa shape index (κ2) is 5.46. The number of nitrogens with one attached hydrogen (secondary N) is 1. The van der Waals surface area contributed by atoms with Crippen molar-refractivity contribution in [3.05, 3.63) is 52.9 Å². The molecule has 0 aliphatic rings. The molecule has 0 amide bonds. The standard InChI is InChI=1S/C13H16F2N4/c1-8-11(7-19(2)18-8)13(17-16)6-9-5-10(14)3-4-12(9)15/h3-5,7,13,17H,6,16H2,1-2H3. The van der Waals surface area contributed by atoms with Gasteiger partial charge in [0.1, 0.15) is 11.6 Å². The molecule has 4 nitrogen and oxygen atoms in total. The second-order valence-electron chi connectivity index (χ2n) is 4.50. The topological polar surface area (TPSA) is 55.9 Å². The van der Waals surface area contributed by atoms with Crippen LogP contribution < -0.4 is 11.3 Å². The van der Waals surface area contributed by atoms with Gasteiger partial charge in [0, 0.05) is 18.8 Å². The normalized spacial score (nSPS) is 12.7. The molecule has 1 heterocycles. The Kier molecular flexibility index (Phi) is 3.92. The molecular formula is C13H16F2N4. The van der Waals surface area contributed by atoms with E-state index in [0.717, 1.165) is 23.4 Å². The molecule has 1 aromatic carbocycles. The van der Waals surface area contributed by atoms with Crippen LogP contribution in [0.2, 0.25) is 0 Å². The van der Waals surface area contributed by atoms with Crippen molar-refractivity contribution in [3.63, 3.8) is 0 Å². The minimum Gasteiger partial charge on any atom is -0.275 e. The minimum atomic E-state index is -0.463. The van der Waals surface area contributed by atoms with E-state index >= 15 is 0 Å². The molecule has 6 heteroatoms. The Balaban J connectivity index is 2.29. The van der Waals surface area contributed by atoms with Crippen LogP contribution in [0.15, 0.2) is 24.4 Å². The third-order valence-electron chi connectivity index (χ3n) is 3.06. The summed E-state index contributed by atoms with van der Waals surface area (Å²) in [7, 11) is 1.80. The average Bonchev–Trinajstić information content (AvgIpc) is 2.69. The molecular weight excluding hydrogens is 250 g/mol. The number of aryl methyl sites for hydroxylation is 2. The van der Waals surface area contributed by atoms with E-state index in [-0.39, 0.29) is 18.0 Å². The number of hydrogen-bond donors (Lipinski definition) is 2. The summed E-state index contributed by atoms with van der Waals surface area (Å²) in [5.41, 5.74) is 4.59. The zero-order valence-electron chi connectivity index (χ0n) is 10.8. The SMILES string of the molecule is Cc1nn(C)cc1C(Cc1cc(F)ccc1F)NN. The molecule has 0 fully saturated rings. The van der Waals surface area contributed by atoms with Gasteiger partial charge in [-0.25, -0.2) is 8.78 Å². The van der Waals surface area contributed by atoms with Gasteiger partial charge in [-0.2, -0.15) is 5.10 Å². The van der Waals surface area contributed by atoms with Crippen molar-refractivity contribution in [2.45, 2.75) is 19.4 Å². The van der Waals surface area contributed by atoms with E-state index in [4.69, 9.17) is 5.84 Å². The predicted molar refractivity (Wildman–Crippen MR) is 68.1 cm³/mol. The van der Waals surface area contributed by atoms with E-state index in [2.05, 4.69) is 10.5 Å². The first-order valence-electron chi connectivity index (χ1n) is 5.91. The number of nitrogens with two attached hydrogens (primary N) is 1. The summed E-state index contributed by atoms with van der Waals surface area (Å²) in [4.78, 5) is 0. The summed E-state index contributed by atoms with van der Waals surface area (Å²) >= 11 is 0. The number of hydrazine groups is 1. The van der Waals surface area contributed by atoms with Crippen molar-refractivity contribution in [1.29, 1.82) is 0 Å². The lowest BCUT2D eigenvalue weighted by Gasteiger charge is -2.15. The van der Waals surface area contributed by atoms with E-state index in [9.17, 15) is 8.78 Å². The third kappa shape index (κ3) is 2.97. The van der Waals surface area contributed by atoms with Crippen molar-refractivity contribution in [2.75, 3.05) is 0 Å². The molecule has 102 valence electrons. The summed E-state index contributed by atoms with van der Waals surface area (Å²) in [6.07, 6.45) is 2.07. The number of aromatic nitrogens is 2. The molecule has 0 radical (unpaired) electrons. The molecule has 19 heavy (non-hydrogen) atoms. The van der Waals surface area contributed by atoms with Gasteiger partial charge in [-0.15, -0.1) is 0 Å². The van der Waals surface area contributed by atoms with Crippen molar-refractivity contribution >= 4 is 0 Å². The third-order valence-corrected chi connectivity index (χ3v) is 3.06. The van der Waals surface area contributed by atoms with Gasteiger partial charge >= 0.3 is 0 Å². The van der Waals surface area contributed by atoms with Gasteiger partial charge in [-0.05, 0) is 37.1 Å². The minimum absolute atomic E-state index is 0.257. The average molecular weight is 266 g/mol. The summed E-state index contributed by atoms with van der Waals surface area (Å²) in [6.45, 7) is 1.85. The summed E-state index contributed by atoms with van der Waals surface area (Å²) in [5, 5.41) is 4.21. The van der Waals surface area contributed by atoms with Gasteiger partial charge in [0.25, 0.3) is 0 Å². The highest BCUT2D eigenvalue weighted by Crippen LogP contribution is 2.22. The van der Waals surface area contributed by atoms with Gasteiger partial charge < -0.3 is 0 Å². The van der Waals surface area contributed by atoms with Gasteiger partial charge in [0.05, 0.1) is 11.7 Å². The smallest absolute Gasteiger partial charge is 0.126 e. The zero-order valence-corrected chi connectivity index (χ0v) is 10.8. The first-order valence-corrected chi connectivity index (χ1v) is 5.91. The van der Waals surface area contributed by atoms with Crippen LogP contribution in [0.25, 0.3) is 0 Å². The maximum Gasteiger partial charge on any atom is 0.126 e. The van der Waals surface area contributed by atoms with Crippen LogP contribution in [0.5, 0.6) is 0 Å². The largest absolute Gasteiger partial charge is 0.275 e. The number of benzene rings is 1. The van der Waals surface area contributed by atoms with Crippen molar-refractivity contribution in [2.24, 2.45) is 12.9 Å². The quantitative estimate of drug-likeness (QED) is 0.655. The van der Waals surface area contributed by atoms with E-state index < -0.39 is 11.6 Å². The van der Waals surface area contributed by atoms with Crippen LogP contribution in [0.4, 0.5) is 8.78 Å². The molecule has 1 atom stereocenters. The van der Waals surface area contributed by atoms with E-state index in [1.165, 1.54) is 6.07 Å². The Morgan fingerprint density at radius 1 is 1.42 bits per heavy atom. The lowest BCUT2D eigenvalue weighted by molar-refractivity contribution is 0.521. The van der Waals surface area contributed by atoms with Crippen LogP contribution in [0.3, 0.4) is 0 Å². The molecule has 0 aliphatic carbocycles. The van der Waals surface area contributed by atoms with Crippen molar-refractivity contribution < 1.29 is 8.78 Å². The highest BCUT2D eigenvalue weighted by Gasteiger charge is 2.17. The van der Waals surface area contributed by atoms with Gasteiger partial charge in [0.15, 0.2) is 0 Å². The summed E-state index contributed by atoms with van der Waals surface area (Å²) < 4.78 is 28.4. The first-order chi connectivity index (χ1) is 9.01. The van der Waals surface area contributed by atoms with Crippen molar-refractivity contribution in [1.82, 2.24) is 15.2 Å². The maximum atomic E-state index is 13.6. The molecule has 1 aromatic heterocycles. The van der Waals surface area contributed by atoms with Crippen LogP contribution >= 0.6 is 0 Å². The number of nitrogens with zero attached hydrogens (tertiary/aromatic N) is 2. The predicted octanol–water partition coefficient (Wildman–Crippen LogP) is 1.75. The maximum absolute atomic E-state index is 13.6. The first kappa shape index (κ1) is 13.6. The van der Waals surface area contributed by atoms with Crippen LogP contribution in [-0.2, 0) is 13.5 Å². The highest BCUT2D eigenvalue weighted by atomic mass is 19.1. The summed E-state index contributed by atoms with van der Waals surface area (Å²) in [6, 6.07) is 3.09.